The summed E-state index contributed by atoms with van der Waals surface area (Å²) in [4.78, 5) is 14.2. The Hall–Kier alpha value is -1.44. The van der Waals surface area contributed by atoms with Gasteiger partial charge in [0, 0.05) is 26.2 Å². The number of nitrogens with zero attached hydrogens (tertiary/aromatic N) is 1. The summed E-state index contributed by atoms with van der Waals surface area (Å²) in [6, 6.07) is 5.96. The van der Waals surface area contributed by atoms with Crippen molar-refractivity contribution in [3.8, 4) is 0 Å². The molecule has 1 aromatic rings. The second-order valence-corrected chi connectivity index (χ2v) is 8.44. The Bertz CT molecular complexity index is 659. The average Bonchev–Trinajstić information content (AvgIpc) is 2.57. The first kappa shape index (κ1) is 21.6. The summed E-state index contributed by atoms with van der Waals surface area (Å²) in [5.74, 6) is 0.0240. The van der Waals surface area contributed by atoms with Crippen LogP contribution in [0.2, 0.25) is 0 Å². The highest BCUT2D eigenvalue weighted by Gasteiger charge is 2.26. The molecule has 0 fully saturated rings. The molecule has 0 aromatic heterocycles. The number of hydrogen-bond acceptors (Lipinski definition) is 4. The second kappa shape index (κ2) is 9.89. The molecule has 1 aromatic carbocycles. The Morgan fingerprint density at radius 3 is 2.48 bits per heavy atom. The standard InChI is InChI=1S/C18H31N3O3S/c1-5-6-11-21(4)18(22)16-9-7-8-10-17(16)25(23,24)20-15(13-19)12-14(2)3/h7-10,14-15,20H,5-6,11-13,19H2,1-4H3. The summed E-state index contributed by atoms with van der Waals surface area (Å²) in [6.07, 6.45) is 2.48. The number of benzene rings is 1. The molecule has 0 aliphatic rings. The average molecular weight is 370 g/mol. The van der Waals surface area contributed by atoms with Crippen LogP contribution in [0.5, 0.6) is 0 Å². The molecule has 0 bridgehead atoms. The molecule has 1 rings (SSSR count). The van der Waals surface area contributed by atoms with E-state index in [0.29, 0.717) is 18.9 Å². The molecular formula is C18H31N3O3S. The summed E-state index contributed by atoms with van der Waals surface area (Å²) in [5, 5.41) is 0. The lowest BCUT2D eigenvalue weighted by atomic mass is 10.1. The normalized spacial score (nSPS) is 13.0. The van der Waals surface area contributed by atoms with Crippen molar-refractivity contribution in [3.05, 3.63) is 29.8 Å². The van der Waals surface area contributed by atoms with Gasteiger partial charge in [-0.25, -0.2) is 13.1 Å². The van der Waals surface area contributed by atoms with Crippen LogP contribution in [-0.4, -0.2) is 45.4 Å². The third-order valence-electron chi connectivity index (χ3n) is 3.96. The molecule has 25 heavy (non-hydrogen) atoms. The Morgan fingerprint density at radius 1 is 1.28 bits per heavy atom. The highest BCUT2D eigenvalue weighted by molar-refractivity contribution is 7.89. The number of nitrogens with two attached hydrogens (primary N) is 1. The van der Waals surface area contributed by atoms with E-state index in [1.807, 2.05) is 20.8 Å². The first-order chi connectivity index (χ1) is 11.7. The summed E-state index contributed by atoms with van der Waals surface area (Å²) in [5.41, 5.74) is 5.89. The lowest BCUT2D eigenvalue weighted by molar-refractivity contribution is 0.0789. The monoisotopic (exact) mass is 369 g/mol. The SMILES string of the molecule is CCCCN(C)C(=O)c1ccccc1S(=O)(=O)NC(CN)CC(C)C. The quantitative estimate of drug-likeness (QED) is 0.661. The first-order valence-corrected chi connectivity index (χ1v) is 10.3. The van der Waals surface area contributed by atoms with E-state index in [2.05, 4.69) is 4.72 Å². The lowest BCUT2D eigenvalue weighted by Crippen LogP contribution is -2.41. The van der Waals surface area contributed by atoms with E-state index in [0.717, 1.165) is 12.8 Å². The van der Waals surface area contributed by atoms with Gasteiger partial charge in [-0.1, -0.05) is 39.3 Å². The third-order valence-corrected chi connectivity index (χ3v) is 5.54. The van der Waals surface area contributed by atoms with Crippen LogP contribution in [0.4, 0.5) is 0 Å². The van der Waals surface area contributed by atoms with Gasteiger partial charge in [0.15, 0.2) is 0 Å². The fourth-order valence-corrected chi connectivity index (χ4v) is 4.09. The summed E-state index contributed by atoms with van der Waals surface area (Å²) in [7, 11) is -2.13. The van der Waals surface area contributed by atoms with Crippen LogP contribution >= 0.6 is 0 Å². The van der Waals surface area contributed by atoms with Gasteiger partial charge in [0.2, 0.25) is 10.0 Å². The molecule has 6 nitrogen and oxygen atoms in total. The van der Waals surface area contributed by atoms with Crippen LogP contribution in [-0.2, 0) is 10.0 Å². The molecule has 0 saturated carbocycles. The van der Waals surface area contributed by atoms with E-state index in [4.69, 9.17) is 5.73 Å². The minimum atomic E-state index is -3.82. The maximum atomic E-state index is 12.8. The predicted octanol–water partition coefficient (Wildman–Crippen LogP) is 2.21. The summed E-state index contributed by atoms with van der Waals surface area (Å²) >= 11 is 0. The minimum absolute atomic E-state index is 0.00514. The predicted molar refractivity (Wildman–Crippen MR) is 101 cm³/mol. The van der Waals surface area contributed by atoms with Crippen LogP contribution in [0.1, 0.15) is 50.4 Å². The number of rotatable bonds is 10. The molecule has 0 saturated heterocycles. The zero-order valence-electron chi connectivity index (χ0n) is 15.7. The minimum Gasteiger partial charge on any atom is -0.342 e. The van der Waals surface area contributed by atoms with E-state index in [1.165, 1.54) is 6.07 Å². The number of hydrogen-bond donors (Lipinski definition) is 2. The molecule has 7 heteroatoms. The van der Waals surface area contributed by atoms with E-state index < -0.39 is 10.0 Å². The Morgan fingerprint density at radius 2 is 1.92 bits per heavy atom. The van der Waals surface area contributed by atoms with Crippen LogP contribution < -0.4 is 10.5 Å². The summed E-state index contributed by atoms with van der Waals surface area (Å²) < 4.78 is 28.3. The number of carbonyl (C=O) groups is 1. The number of carbonyl (C=O) groups excluding carboxylic acids is 1. The van der Waals surface area contributed by atoms with Crippen LogP contribution in [0, 0.1) is 5.92 Å². The highest BCUT2D eigenvalue weighted by Crippen LogP contribution is 2.18. The maximum absolute atomic E-state index is 12.8. The topological polar surface area (TPSA) is 92.5 Å². The van der Waals surface area contributed by atoms with Crippen molar-refractivity contribution in [2.75, 3.05) is 20.1 Å². The van der Waals surface area contributed by atoms with Crippen LogP contribution in [0.25, 0.3) is 0 Å². The first-order valence-electron chi connectivity index (χ1n) is 8.79. The van der Waals surface area contributed by atoms with Crippen molar-refractivity contribution in [2.45, 2.75) is 51.0 Å². The van der Waals surface area contributed by atoms with E-state index in [-0.39, 0.29) is 29.0 Å². The second-order valence-electron chi connectivity index (χ2n) is 6.76. The van der Waals surface area contributed by atoms with Gasteiger partial charge in [0.25, 0.3) is 5.91 Å². The maximum Gasteiger partial charge on any atom is 0.254 e. The number of amides is 1. The molecule has 0 heterocycles. The van der Waals surface area contributed by atoms with E-state index in [9.17, 15) is 13.2 Å². The summed E-state index contributed by atoms with van der Waals surface area (Å²) in [6.45, 7) is 6.87. The van der Waals surface area contributed by atoms with Gasteiger partial charge in [-0.15, -0.1) is 0 Å². The van der Waals surface area contributed by atoms with Gasteiger partial charge in [-0.2, -0.15) is 0 Å². The molecule has 0 aliphatic heterocycles. The molecule has 3 N–H and O–H groups in total. The largest absolute Gasteiger partial charge is 0.342 e. The van der Waals surface area contributed by atoms with Crippen LogP contribution in [0.3, 0.4) is 0 Å². The van der Waals surface area contributed by atoms with Gasteiger partial charge in [0.1, 0.15) is 0 Å². The molecule has 1 unspecified atom stereocenters. The third kappa shape index (κ3) is 6.41. The number of unbranched alkanes of at least 4 members (excludes halogenated alkanes) is 1. The van der Waals surface area contributed by atoms with Gasteiger partial charge >= 0.3 is 0 Å². The fourth-order valence-electron chi connectivity index (χ4n) is 2.62. The Balaban J connectivity index is 3.10. The van der Waals surface area contributed by atoms with Gasteiger partial charge in [0.05, 0.1) is 10.5 Å². The number of nitrogens with one attached hydrogen (secondary N) is 1. The highest BCUT2D eigenvalue weighted by atomic mass is 32.2. The van der Waals surface area contributed by atoms with Crippen LogP contribution in [0.15, 0.2) is 29.2 Å². The molecule has 1 amide bonds. The van der Waals surface area contributed by atoms with Crippen molar-refractivity contribution in [1.29, 1.82) is 0 Å². The molecule has 142 valence electrons. The van der Waals surface area contributed by atoms with E-state index >= 15 is 0 Å². The molecule has 0 radical (unpaired) electrons. The number of sulfonamides is 1. The van der Waals surface area contributed by atoms with Gasteiger partial charge in [-0.3, -0.25) is 4.79 Å². The van der Waals surface area contributed by atoms with Crippen molar-refractivity contribution in [1.82, 2.24) is 9.62 Å². The Labute approximate surface area is 151 Å². The van der Waals surface area contributed by atoms with E-state index in [1.54, 1.807) is 30.1 Å². The fraction of sp³-hybridized carbons (Fsp3) is 0.611. The zero-order chi connectivity index (χ0) is 19.0. The Kier molecular flexibility index (Phi) is 8.55. The molecule has 1 atom stereocenters. The van der Waals surface area contributed by atoms with Gasteiger partial charge < -0.3 is 10.6 Å². The molecule has 0 aliphatic carbocycles. The van der Waals surface area contributed by atoms with Crippen molar-refractivity contribution in [2.24, 2.45) is 11.7 Å². The zero-order valence-corrected chi connectivity index (χ0v) is 16.5. The smallest absolute Gasteiger partial charge is 0.254 e. The lowest BCUT2D eigenvalue weighted by Gasteiger charge is -2.21. The van der Waals surface area contributed by atoms with Gasteiger partial charge in [-0.05, 0) is 30.9 Å². The van der Waals surface area contributed by atoms with Crippen molar-refractivity contribution < 1.29 is 13.2 Å². The van der Waals surface area contributed by atoms with Crippen molar-refractivity contribution in [3.63, 3.8) is 0 Å². The van der Waals surface area contributed by atoms with Crippen molar-refractivity contribution >= 4 is 15.9 Å². The molecule has 0 spiro atoms. The molecular weight excluding hydrogens is 338 g/mol.